The summed E-state index contributed by atoms with van der Waals surface area (Å²) in [5.41, 5.74) is 0. The average molecular weight is 878 g/mol. The molecule has 3 unspecified atom stereocenters. The van der Waals surface area contributed by atoms with Gasteiger partial charge in [0.15, 0.2) is 0 Å². The summed E-state index contributed by atoms with van der Waals surface area (Å²) in [7, 11) is 0. The van der Waals surface area contributed by atoms with Crippen molar-refractivity contribution in [2.24, 2.45) is 0 Å². The van der Waals surface area contributed by atoms with Gasteiger partial charge in [-0.15, -0.1) is 0 Å². The quantitative estimate of drug-likeness (QED) is 0.0245. The summed E-state index contributed by atoms with van der Waals surface area (Å²) in [6, 6.07) is -0.738. The first-order chi connectivity index (χ1) is 31.0. The van der Waals surface area contributed by atoms with Gasteiger partial charge in [0, 0.05) is 12.8 Å². The third-order valence-corrected chi connectivity index (χ3v) is 11.5. The van der Waals surface area contributed by atoms with Gasteiger partial charge in [0.25, 0.3) is 0 Å². The standard InChI is InChI=1S/C57H99NO5/c1-4-7-10-13-16-19-22-25-28-30-33-36-39-42-45-48-53(63-57(62)50-47-44-41-38-35-32-29-26-23-20-17-14-11-8-5-2)51-56(61)58-54(52-59)55(60)49-46-43-40-37-34-31-27-24-21-18-15-12-9-6-3/h7,10,16-17,19-20,23,25-26,28,33,36,42,45,53-55,59-60H,4-6,8-9,11-15,18,21-22,24,27,29-32,34-35,37-41,43-44,46-52H2,1-3H3,(H,58,61)/b10-7-,19-16-,20-17+,26-23+,28-25-,36-33-,45-42-. The number of hydrogen-bond donors (Lipinski definition) is 3. The Balaban J connectivity index is 4.73. The number of hydrogen-bond acceptors (Lipinski definition) is 5. The van der Waals surface area contributed by atoms with Crippen molar-refractivity contribution < 1.29 is 24.5 Å². The minimum Gasteiger partial charge on any atom is -0.461 e. The van der Waals surface area contributed by atoms with Crippen LogP contribution in [0.1, 0.15) is 239 Å². The normalized spacial score (nSPS) is 13.9. The Morgan fingerprint density at radius 3 is 1.41 bits per heavy atom. The molecule has 1 amide bonds. The monoisotopic (exact) mass is 878 g/mol. The summed E-state index contributed by atoms with van der Waals surface area (Å²) in [5, 5.41) is 23.8. The van der Waals surface area contributed by atoms with Gasteiger partial charge in [-0.1, -0.05) is 234 Å². The number of ether oxygens (including phenoxy) is 1. The molecule has 0 spiro atoms. The molecule has 3 N–H and O–H groups in total. The van der Waals surface area contributed by atoms with Crippen LogP contribution in [0, 0.1) is 0 Å². The number of aliphatic hydroxyl groups excluding tert-OH is 2. The van der Waals surface area contributed by atoms with Gasteiger partial charge in [-0.25, -0.2) is 0 Å². The van der Waals surface area contributed by atoms with Crippen molar-refractivity contribution in [2.45, 2.75) is 257 Å². The number of carbonyl (C=O) groups excluding carboxylic acids is 2. The molecule has 0 aromatic rings. The van der Waals surface area contributed by atoms with E-state index in [9.17, 15) is 19.8 Å². The molecule has 0 aliphatic rings. The van der Waals surface area contributed by atoms with E-state index in [0.29, 0.717) is 19.3 Å². The molecule has 6 heteroatoms. The second-order valence-corrected chi connectivity index (χ2v) is 17.6. The molecule has 0 rings (SSSR count). The van der Waals surface area contributed by atoms with Gasteiger partial charge in [-0.3, -0.25) is 9.59 Å². The van der Waals surface area contributed by atoms with Gasteiger partial charge in [-0.05, 0) is 70.6 Å². The van der Waals surface area contributed by atoms with Gasteiger partial charge < -0.3 is 20.3 Å². The van der Waals surface area contributed by atoms with E-state index in [0.717, 1.165) is 77.0 Å². The molecule has 0 heterocycles. The molecule has 0 aromatic heterocycles. The van der Waals surface area contributed by atoms with E-state index in [1.54, 1.807) is 0 Å². The van der Waals surface area contributed by atoms with Gasteiger partial charge in [-0.2, -0.15) is 0 Å². The van der Waals surface area contributed by atoms with Crippen molar-refractivity contribution in [1.82, 2.24) is 5.32 Å². The molecule has 0 radical (unpaired) electrons. The number of unbranched alkanes of at least 4 members (excludes halogenated alkanes) is 22. The molecule has 0 saturated heterocycles. The van der Waals surface area contributed by atoms with Crippen LogP contribution >= 0.6 is 0 Å². The zero-order valence-electron chi connectivity index (χ0n) is 41.2. The van der Waals surface area contributed by atoms with Crippen LogP contribution in [0.4, 0.5) is 0 Å². The molecule has 0 aliphatic carbocycles. The zero-order chi connectivity index (χ0) is 45.9. The van der Waals surface area contributed by atoms with E-state index >= 15 is 0 Å². The van der Waals surface area contributed by atoms with Crippen LogP contribution < -0.4 is 5.32 Å². The van der Waals surface area contributed by atoms with E-state index in [2.05, 4.69) is 99.0 Å². The maximum absolute atomic E-state index is 13.2. The van der Waals surface area contributed by atoms with Gasteiger partial charge >= 0.3 is 5.97 Å². The zero-order valence-corrected chi connectivity index (χ0v) is 41.2. The van der Waals surface area contributed by atoms with Crippen LogP contribution in [0.15, 0.2) is 85.1 Å². The molecule has 0 fully saturated rings. The highest BCUT2D eigenvalue weighted by atomic mass is 16.5. The number of nitrogens with one attached hydrogen (secondary N) is 1. The van der Waals surface area contributed by atoms with Crippen LogP contribution in [0.25, 0.3) is 0 Å². The summed E-state index contributed by atoms with van der Waals surface area (Å²) < 4.78 is 5.87. The number of rotatable bonds is 46. The number of amides is 1. The van der Waals surface area contributed by atoms with Crippen molar-refractivity contribution >= 4 is 11.9 Å². The molecular weight excluding hydrogens is 779 g/mol. The minimum atomic E-state index is -0.818. The van der Waals surface area contributed by atoms with Crippen molar-refractivity contribution in [3.05, 3.63) is 85.1 Å². The van der Waals surface area contributed by atoms with Gasteiger partial charge in [0.1, 0.15) is 6.10 Å². The topological polar surface area (TPSA) is 95.9 Å². The molecule has 362 valence electrons. The van der Waals surface area contributed by atoms with Gasteiger partial charge in [0.05, 0.1) is 25.2 Å². The lowest BCUT2D eigenvalue weighted by molar-refractivity contribution is -0.150. The molecule has 3 atom stereocenters. The van der Waals surface area contributed by atoms with Crippen LogP contribution in [0.2, 0.25) is 0 Å². The number of allylic oxidation sites excluding steroid dienone is 13. The lowest BCUT2D eigenvalue weighted by Gasteiger charge is -2.24. The van der Waals surface area contributed by atoms with Crippen LogP contribution in [-0.4, -0.2) is 46.9 Å². The Kier molecular flexibility index (Phi) is 47.7. The first-order valence-electron chi connectivity index (χ1n) is 26.3. The Morgan fingerprint density at radius 1 is 0.508 bits per heavy atom. The van der Waals surface area contributed by atoms with Crippen molar-refractivity contribution in [3.63, 3.8) is 0 Å². The van der Waals surface area contributed by atoms with Gasteiger partial charge in [0.2, 0.25) is 5.91 Å². The summed E-state index contributed by atoms with van der Waals surface area (Å²) in [5.74, 6) is -0.596. The average Bonchev–Trinajstić information content (AvgIpc) is 3.28. The predicted molar refractivity (Wildman–Crippen MR) is 273 cm³/mol. The highest BCUT2D eigenvalue weighted by Crippen LogP contribution is 2.16. The van der Waals surface area contributed by atoms with E-state index in [-0.39, 0.29) is 24.9 Å². The fraction of sp³-hybridized carbons (Fsp3) is 0.719. The molecule has 0 aliphatic heterocycles. The fourth-order valence-electron chi connectivity index (χ4n) is 7.50. The molecule has 0 aromatic carbocycles. The lowest BCUT2D eigenvalue weighted by Crippen LogP contribution is -2.46. The highest BCUT2D eigenvalue weighted by molar-refractivity contribution is 5.77. The summed E-state index contributed by atoms with van der Waals surface area (Å²) >= 11 is 0. The Bertz CT molecular complexity index is 1210. The third-order valence-electron chi connectivity index (χ3n) is 11.5. The molecule has 0 saturated carbocycles. The largest absolute Gasteiger partial charge is 0.461 e. The van der Waals surface area contributed by atoms with Crippen LogP contribution in [-0.2, 0) is 14.3 Å². The Hall–Kier alpha value is -2.96. The van der Waals surface area contributed by atoms with E-state index in [1.807, 2.05) is 12.2 Å². The maximum Gasteiger partial charge on any atom is 0.306 e. The van der Waals surface area contributed by atoms with Crippen LogP contribution in [0.3, 0.4) is 0 Å². The Morgan fingerprint density at radius 2 is 0.921 bits per heavy atom. The fourth-order valence-corrected chi connectivity index (χ4v) is 7.50. The second-order valence-electron chi connectivity index (χ2n) is 17.6. The summed E-state index contributed by atoms with van der Waals surface area (Å²) in [6.45, 7) is 6.31. The lowest BCUT2D eigenvalue weighted by atomic mass is 10.0. The van der Waals surface area contributed by atoms with Crippen molar-refractivity contribution in [3.8, 4) is 0 Å². The summed E-state index contributed by atoms with van der Waals surface area (Å²) in [6.07, 6.45) is 65.1. The predicted octanol–water partition coefficient (Wildman–Crippen LogP) is 16.0. The molecule has 63 heavy (non-hydrogen) atoms. The first kappa shape index (κ1) is 60.0. The third kappa shape index (κ3) is 45.4. The number of esters is 1. The molecular formula is C57H99NO5. The number of aliphatic hydroxyl groups is 2. The summed E-state index contributed by atoms with van der Waals surface area (Å²) in [4.78, 5) is 26.1. The minimum absolute atomic E-state index is 0.00871. The van der Waals surface area contributed by atoms with E-state index < -0.39 is 18.2 Å². The van der Waals surface area contributed by atoms with Crippen molar-refractivity contribution in [1.29, 1.82) is 0 Å². The molecule has 6 nitrogen and oxygen atoms in total. The maximum atomic E-state index is 13.2. The molecule has 0 bridgehead atoms. The SMILES string of the molecule is CC/C=C\C/C=C\C/C=C\C/C=C\C/C=C\CC(CC(=O)NC(CO)C(O)CCCCCCCCCCCCCCCC)OC(=O)CCCCCCCC/C=C/C=C/CCCCC. The second kappa shape index (κ2) is 50.0. The van der Waals surface area contributed by atoms with Crippen LogP contribution in [0.5, 0.6) is 0 Å². The van der Waals surface area contributed by atoms with E-state index in [1.165, 1.54) is 116 Å². The highest BCUT2D eigenvalue weighted by Gasteiger charge is 2.23. The number of carbonyl (C=O) groups is 2. The Labute approximate surface area is 389 Å². The van der Waals surface area contributed by atoms with Crippen molar-refractivity contribution in [2.75, 3.05) is 6.61 Å². The first-order valence-corrected chi connectivity index (χ1v) is 26.3. The smallest absolute Gasteiger partial charge is 0.306 e. The van der Waals surface area contributed by atoms with E-state index in [4.69, 9.17) is 4.74 Å².